The summed E-state index contributed by atoms with van der Waals surface area (Å²) >= 11 is 1.59. The summed E-state index contributed by atoms with van der Waals surface area (Å²) in [6.45, 7) is 1.90. The molecular formula is C8H10ClNS. The molecule has 0 spiro atoms. The predicted molar refractivity (Wildman–Crippen MR) is 44.9 cm³/mol. The fourth-order valence-corrected chi connectivity index (χ4v) is 1.34. The molecule has 0 saturated carbocycles. The van der Waals surface area contributed by atoms with Gasteiger partial charge < -0.3 is 12.4 Å². The molecule has 0 bridgehead atoms. The summed E-state index contributed by atoms with van der Waals surface area (Å²) in [5.74, 6) is 0. The van der Waals surface area contributed by atoms with Crippen LogP contribution in [0.2, 0.25) is 0 Å². The molecule has 0 atom stereocenters. The number of rotatable bonds is 1. The standard InChI is InChI=1S/C8H9NS.ClH/c1-7(9)10-8-5-3-2-4-6-8;/h2-6,9H,1H3;1H. The Hall–Kier alpha value is -0.470. The highest BCUT2D eigenvalue weighted by molar-refractivity contribution is 8.13. The van der Waals surface area contributed by atoms with Crippen LogP contribution in [0, 0.1) is 0 Å². The molecule has 0 aliphatic heterocycles. The second-order valence-corrected chi connectivity index (χ2v) is 3.35. The van der Waals surface area contributed by atoms with E-state index in [0.29, 0.717) is 0 Å². The van der Waals surface area contributed by atoms with Gasteiger partial charge >= 0.3 is 0 Å². The fraction of sp³-hybridized carbons (Fsp3) is 0.125. The number of halogens is 1. The molecule has 3 heteroatoms. The minimum atomic E-state index is 0. The van der Waals surface area contributed by atoms with Crippen molar-refractivity contribution in [1.82, 2.24) is 0 Å². The summed E-state index contributed by atoms with van der Waals surface area (Å²) in [6.07, 6.45) is 0. The first-order valence-corrected chi connectivity index (χ1v) is 3.92. The van der Waals surface area contributed by atoms with Gasteiger partial charge in [-0.15, -0.1) is 0 Å². The van der Waals surface area contributed by atoms with Crippen LogP contribution in [0.5, 0.6) is 0 Å². The van der Waals surface area contributed by atoms with Crippen LogP contribution in [-0.4, -0.2) is 5.04 Å². The van der Waals surface area contributed by atoms with Crippen molar-refractivity contribution in [1.29, 1.82) is 0 Å². The summed E-state index contributed by atoms with van der Waals surface area (Å²) < 4.78 is 0. The predicted octanol–water partition coefficient (Wildman–Crippen LogP) is -2.04. The molecule has 1 aromatic rings. The van der Waals surface area contributed by atoms with Crippen LogP contribution in [0.3, 0.4) is 0 Å². The van der Waals surface area contributed by atoms with Crippen molar-refractivity contribution in [2.45, 2.75) is 11.8 Å². The van der Waals surface area contributed by atoms with E-state index in [1.807, 2.05) is 37.3 Å². The summed E-state index contributed by atoms with van der Waals surface area (Å²) in [6, 6.07) is 10.1. The normalized spacial score (nSPS) is 8.45. The van der Waals surface area contributed by atoms with Crippen molar-refractivity contribution in [2.24, 2.45) is 0 Å². The smallest absolute Gasteiger partial charge is 0.208 e. The molecule has 11 heavy (non-hydrogen) atoms. The molecule has 0 radical (unpaired) electrons. The van der Waals surface area contributed by atoms with E-state index in [0.717, 1.165) is 5.04 Å². The molecular weight excluding hydrogens is 178 g/mol. The van der Waals surface area contributed by atoms with Gasteiger partial charge in [0.15, 0.2) is 0 Å². The topological polar surface area (TPSA) is 25.6 Å². The maximum atomic E-state index is 5.50. The Bertz CT molecular complexity index is 223. The van der Waals surface area contributed by atoms with E-state index in [4.69, 9.17) is 5.41 Å². The first kappa shape index (κ1) is 10.5. The Balaban J connectivity index is 0.000001000. The van der Waals surface area contributed by atoms with E-state index in [1.54, 1.807) is 11.8 Å². The third-order valence-electron chi connectivity index (χ3n) is 1.02. The average Bonchev–Trinajstić information content (AvgIpc) is 1.88. The number of benzene rings is 1. The third kappa shape index (κ3) is 4.06. The Kier molecular flexibility index (Phi) is 4.99. The van der Waals surface area contributed by atoms with Gasteiger partial charge in [0, 0.05) is 11.8 Å². The van der Waals surface area contributed by atoms with Gasteiger partial charge in [0.1, 0.15) is 0 Å². The van der Waals surface area contributed by atoms with Crippen molar-refractivity contribution >= 4 is 16.8 Å². The van der Waals surface area contributed by atoms with E-state index in [2.05, 4.69) is 0 Å². The number of hydrogen-bond donors (Lipinski definition) is 1. The summed E-state index contributed by atoms with van der Waals surface area (Å²) in [4.78, 5) is 1.20. The van der Waals surface area contributed by atoms with Gasteiger partial charge in [-0.2, -0.15) is 0 Å². The van der Waals surface area contributed by atoms with Gasteiger partial charge in [-0.25, -0.2) is 0 Å². The third-order valence-corrected chi connectivity index (χ3v) is 1.85. The van der Waals surface area contributed by atoms with Crippen LogP contribution in [0.25, 0.3) is 0 Å². The van der Waals surface area contributed by atoms with E-state index >= 15 is 0 Å². The lowest BCUT2D eigenvalue weighted by Gasteiger charge is -1.91. The molecule has 0 heterocycles. The molecule has 1 nitrogen and oxygen atoms in total. The minimum Gasteiger partial charge on any atom is -1.00 e. The van der Waals surface area contributed by atoms with Crippen LogP contribution in [0.4, 0.5) is 0 Å². The van der Waals surface area contributed by atoms with Crippen molar-refractivity contribution in [3.05, 3.63) is 30.3 Å². The second kappa shape index (κ2) is 5.22. The minimum absolute atomic E-state index is 0. The zero-order chi connectivity index (χ0) is 7.40. The van der Waals surface area contributed by atoms with Gasteiger partial charge in [-0.3, -0.25) is 5.41 Å². The molecule has 0 aliphatic rings. The van der Waals surface area contributed by atoms with Gasteiger partial charge in [0.25, 0.3) is 0 Å². The van der Waals surface area contributed by atoms with E-state index in [-0.39, 0.29) is 12.4 Å². The quantitative estimate of drug-likeness (QED) is 0.306. The lowest BCUT2D eigenvalue weighted by molar-refractivity contribution is -0.109. The van der Waals surface area contributed by atoms with Crippen molar-refractivity contribution < 1.29 is 17.8 Å². The van der Waals surface area contributed by atoms with Crippen molar-refractivity contribution in [3.8, 4) is 0 Å². The van der Waals surface area contributed by atoms with Gasteiger partial charge in [-0.1, -0.05) is 18.2 Å². The van der Waals surface area contributed by atoms with Gasteiger partial charge in [-0.05, 0) is 23.9 Å². The van der Waals surface area contributed by atoms with Crippen LogP contribution < -0.4 is 17.8 Å². The molecule has 0 saturated heterocycles. The van der Waals surface area contributed by atoms with Crippen LogP contribution in [-0.2, 0) is 0 Å². The van der Waals surface area contributed by atoms with E-state index in [9.17, 15) is 0 Å². The second-order valence-electron chi connectivity index (χ2n) is 2.03. The molecule has 0 aromatic heterocycles. The molecule has 60 valence electrons. The Morgan fingerprint density at radius 1 is 1.27 bits per heavy atom. The zero-order valence-electron chi connectivity index (χ0n) is 6.25. The number of thioether (sulfide) groups is 1. The number of hydrogen-bond acceptors (Lipinski definition) is 1. The molecule has 2 N–H and O–H groups in total. The van der Waals surface area contributed by atoms with E-state index in [1.165, 1.54) is 4.90 Å². The van der Waals surface area contributed by atoms with Crippen LogP contribution in [0.15, 0.2) is 35.2 Å². The Morgan fingerprint density at radius 2 is 1.82 bits per heavy atom. The average molecular weight is 188 g/mol. The van der Waals surface area contributed by atoms with Gasteiger partial charge in [0.05, 0.1) is 0 Å². The molecule has 0 fully saturated rings. The van der Waals surface area contributed by atoms with Crippen LogP contribution in [0.1, 0.15) is 6.92 Å². The highest BCUT2D eigenvalue weighted by Crippen LogP contribution is 2.15. The zero-order valence-corrected chi connectivity index (χ0v) is 7.82. The molecule has 0 amide bonds. The van der Waals surface area contributed by atoms with E-state index < -0.39 is 0 Å². The number of nitrogens with two attached hydrogens (primary N) is 1. The Morgan fingerprint density at radius 3 is 2.27 bits per heavy atom. The lowest BCUT2D eigenvalue weighted by Crippen LogP contribution is -3.00. The molecule has 0 unspecified atom stereocenters. The first-order chi connectivity index (χ1) is 4.79. The lowest BCUT2D eigenvalue weighted by atomic mass is 10.4. The van der Waals surface area contributed by atoms with Crippen molar-refractivity contribution in [3.63, 3.8) is 0 Å². The first-order valence-electron chi connectivity index (χ1n) is 3.11. The Labute approximate surface area is 77.1 Å². The highest BCUT2D eigenvalue weighted by atomic mass is 35.5. The maximum Gasteiger partial charge on any atom is 0.208 e. The summed E-state index contributed by atoms with van der Waals surface area (Å²) in [5, 5.41) is 6.38. The summed E-state index contributed by atoms with van der Waals surface area (Å²) in [7, 11) is 0. The van der Waals surface area contributed by atoms with Gasteiger partial charge in [0.2, 0.25) is 5.04 Å². The monoisotopic (exact) mass is 187 g/mol. The molecule has 0 aliphatic carbocycles. The largest absolute Gasteiger partial charge is 1.00 e. The van der Waals surface area contributed by atoms with Crippen LogP contribution >= 0.6 is 11.8 Å². The van der Waals surface area contributed by atoms with Crippen molar-refractivity contribution in [2.75, 3.05) is 0 Å². The maximum absolute atomic E-state index is 5.50. The molecule has 1 rings (SSSR count). The highest BCUT2D eigenvalue weighted by Gasteiger charge is 1.95. The summed E-state index contributed by atoms with van der Waals surface area (Å²) in [5.41, 5.74) is 0. The fourth-order valence-electron chi connectivity index (χ4n) is 0.674. The molecule has 1 aromatic carbocycles. The SMILES string of the molecule is CC(=[NH2+])Sc1ccccc1.[Cl-].